The topological polar surface area (TPSA) is 71.8 Å². The van der Waals surface area contributed by atoms with E-state index in [9.17, 15) is 4.79 Å². The third-order valence-corrected chi connectivity index (χ3v) is 5.47. The average Bonchev–Trinajstić information content (AvgIpc) is 3.41. The van der Waals surface area contributed by atoms with Crippen LogP contribution in [0, 0.1) is 0 Å². The molecule has 5 rings (SSSR count). The highest BCUT2D eigenvalue weighted by Crippen LogP contribution is 2.33. The number of methoxy groups -OCH3 is 1. The number of aromatic nitrogens is 2. The Morgan fingerprint density at radius 2 is 1.91 bits per heavy atom. The molecule has 7 nitrogen and oxygen atoms in total. The molecule has 3 aromatic carbocycles. The van der Waals surface area contributed by atoms with Crippen LogP contribution in [0.15, 0.2) is 60.7 Å². The smallest absolute Gasteiger partial charge is 0.337 e. The molecule has 32 heavy (non-hydrogen) atoms. The van der Waals surface area contributed by atoms with Gasteiger partial charge in [-0.25, -0.2) is 9.78 Å². The molecule has 0 atom stereocenters. The molecule has 1 aliphatic heterocycles. The first-order valence-electron chi connectivity index (χ1n) is 10.3. The van der Waals surface area contributed by atoms with Crippen molar-refractivity contribution in [3.63, 3.8) is 0 Å². The van der Waals surface area contributed by atoms with Gasteiger partial charge >= 0.3 is 5.97 Å². The van der Waals surface area contributed by atoms with Gasteiger partial charge in [0.05, 0.1) is 30.3 Å². The van der Waals surface area contributed by atoms with Crippen LogP contribution in [0.2, 0.25) is 0 Å². The van der Waals surface area contributed by atoms with E-state index in [1.807, 2.05) is 48.0 Å². The number of fused-ring (bicyclic) bond motifs is 2. The Bertz CT molecular complexity index is 1310. The Hall–Kier alpha value is -4.00. The van der Waals surface area contributed by atoms with Crippen LogP contribution >= 0.6 is 0 Å². The maximum Gasteiger partial charge on any atom is 0.337 e. The number of nitrogens with zero attached hydrogens (tertiary/aromatic N) is 2. The van der Waals surface area contributed by atoms with E-state index in [2.05, 4.69) is 4.98 Å². The first-order chi connectivity index (χ1) is 15.6. The molecule has 0 bridgehead atoms. The fourth-order valence-corrected chi connectivity index (χ4v) is 3.74. The Kier molecular flexibility index (Phi) is 5.15. The van der Waals surface area contributed by atoms with Crippen molar-refractivity contribution in [2.75, 3.05) is 13.7 Å². The van der Waals surface area contributed by atoms with E-state index in [-0.39, 0.29) is 6.61 Å². The van der Waals surface area contributed by atoms with Gasteiger partial charge in [-0.3, -0.25) is 0 Å². The maximum absolute atomic E-state index is 11.7. The molecule has 7 heteroatoms. The average molecular weight is 430 g/mol. The van der Waals surface area contributed by atoms with Crippen LogP contribution in [0.5, 0.6) is 23.0 Å². The van der Waals surface area contributed by atoms with Gasteiger partial charge in [-0.05, 0) is 42.0 Å². The molecule has 0 amide bonds. The predicted molar refractivity (Wildman–Crippen MR) is 119 cm³/mol. The van der Waals surface area contributed by atoms with Crippen molar-refractivity contribution in [2.24, 2.45) is 7.05 Å². The van der Waals surface area contributed by atoms with Crippen molar-refractivity contribution >= 4 is 17.0 Å². The third kappa shape index (κ3) is 3.85. The molecule has 0 radical (unpaired) electrons. The second kappa shape index (κ2) is 8.26. The molecule has 0 saturated carbocycles. The monoisotopic (exact) mass is 430 g/mol. The minimum absolute atomic E-state index is 0.258. The number of aryl methyl sites for hydroxylation is 1. The van der Waals surface area contributed by atoms with Gasteiger partial charge < -0.3 is 23.5 Å². The van der Waals surface area contributed by atoms with E-state index < -0.39 is 5.97 Å². The standard InChI is InChI=1S/C25H22N2O5/c1-27-22-13-19(32-20-7-6-16-10-11-30-23(16)14-20)8-9-21(22)26-24(27)15-31-18-5-3-4-17(12-18)25(28)29-2/h3-9,12-14H,10-11,15H2,1-2H3. The van der Waals surface area contributed by atoms with E-state index >= 15 is 0 Å². The minimum atomic E-state index is -0.402. The molecular formula is C25H22N2O5. The van der Waals surface area contributed by atoms with Crippen LogP contribution in [0.4, 0.5) is 0 Å². The first-order valence-corrected chi connectivity index (χ1v) is 10.3. The van der Waals surface area contributed by atoms with Crippen LogP contribution in [0.3, 0.4) is 0 Å². The lowest BCUT2D eigenvalue weighted by molar-refractivity contribution is 0.0600. The summed E-state index contributed by atoms with van der Waals surface area (Å²) in [6, 6.07) is 18.6. The number of ether oxygens (including phenoxy) is 4. The summed E-state index contributed by atoms with van der Waals surface area (Å²) in [5.74, 6) is 3.27. The van der Waals surface area contributed by atoms with Gasteiger partial charge in [0, 0.05) is 25.6 Å². The second-order valence-corrected chi connectivity index (χ2v) is 7.52. The van der Waals surface area contributed by atoms with Gasteiger partial charge in [0.15, 0.2) is 0 Å². The summed E-state index contributed by atoms with van der Waals surface area (Å²) in [5.41, 5.74) is 3.43. The number of carbonyl (C=O) groups is 1. The summed E-state index contributed by atoms with van der Waals surface area (Å²) < 4.78 is 24.3. The Morgan fingerprint density at radius 1 is 1.06 bits per heavy atom. The van der Waals surface area contributed by atoms with Crippen LogP contribution in [0.1, 0.15) is 21.7 Å². The zero-order chi connectivity index (χ0) is 22.1. The Balaban J connectivity index is 1.33. The lowest BCUT2D eigenvalue weighted by atomic mass is 10.2. The molecule has 0 unspecified atom stereocenters. The van der Waals surface area contributed by atoms with E-state index in [1.165, 1.54) is 12.7 Å². The molecule has 1 aliphatic rings. The molecule has 0 aliphatic carbocycles. The second-order valence-electron chi connectivity index (χ2n) is 7.52. The predicted octanol–water partition coefficient (Wildman–Crippen LogP) is 4.67. The molecule has 0 saturated heterocycles. The zero-order valence-electron chi connectivity index (χ0n) is 17.8. The molecule has 4 aromatic rings. The summed E-state index contributed by atoms with van der Waals surface area (Å²) in [5, 5.41) is 0. The summed E-state index contributed by atoms with van der Waals surface area (Å²) in [7, 11) is 3.29. The van der Waals surface area contributed by atoms with Crippen LogP contribution in [-0.2, 0) is 24.8 Å². The van der Waals surface area contributed by atoms with Gasteiger partial charge in [0.25, 0.3) is 0 Å². The van der Waals surface area contributed by atoms with Crippen molar-refractivity contribution in [3.05, 3.63) is 77.6 Å². The van der Waals surface area contributed by atoms with Crippen molar-refractivity contribution in [1.82, 2.24) is 9.55 Å². The normalized spacial score (nSPS) is 12.3. The van der Waals surface area contributed by atoms with Crippen molar-refractivity contribution in [3.8, 4) is 23.0 Å². The van der Waals surface area contributed by atoms with Crippen LogP contribution in [-0.4, -0.2) is 29.2 Å². The SMILES string of the molecule is COC(=O)c1cccc(OCc2nc3ccc(Oc4ccc5c(c4)OCC5)cc3n2C)c1. The van der Waals surface area contributed by atoms with Gasteiger partial charge in [0.1, 0.15) is 35.4 Å². The van der Waals surface area contributed by atoms with Crippen molar-refractivity contribution in [2.45, 2.75) is 13.0 Å². The fourth-order valence-electron chi connectivity index (χ4n) is 3.74. The molecule has 162 valence electrons. The van der Waals surface area contributed by atoms with E-state index in [0.717, 1.165) is 47.1 Å². The molecular weight excluding hydrogens is 408 g/mol. The molecule has 0 N–H and O–H groups in total. The molecule has 2 heterocycles. The van der Waals surface area contributed by atoms with Gasteiger partial charge in [-0.2, -0.15) is 0 Å². The van der Waals surface area contributed by atoms with Gasteiger partial charge in [0.2, 0.25) is 0 Å². The highest BCUT2D eigenvalue weighted by molar-refractivity contribution is 5.89. The number of imidazole rings is 1. The molecule has 0 spiro atoms. The maximum atomic E-state index is 11.7. The third-order valence-electron chi connectivity index (χ3n) is 5.47. The summed E-state index contributed by atoms with van der Waals surface area (Å²) in [6.07, 6.45) is 0.939. The summed E-state index contributed by atoms with van der Waals surface area (Å²) >= 11 is 0. The quantitative estimate of drug-likeness (QED) is 0.414. The van der Waals surface area contributed by atoms with Crippen LogP contribution < -0.4 is 14.2 Å². The largest absolute Gasteiger partial charge is 0.493 e. The summed E-state index contributed by atoms with van der Waals surface area (Å²) in [6.45, 7) is 0.978. The fraction of sp³-hybridized carbons (Fsp3) is 0.200. The van der Waals surface area contributed by atoms with Crippen molar-refractivity contribution < 1.29 is 23.7 Å². The Morgan fingerprint density at radius 3 is 2.78 bits per heavy atom. The number of hydrogen-bond donors (Lipinski definition) is 0. The molecule has 0 fully saturated rings. The number of benzene rings is 3. The van der Waals surface area contributed by atoms with E-state index in [4.69, 9.17) is 18.9 Å². The van der Waals surface area contributed by atoms with E-state index in [0.29, 0.717) is 11.3 Å². The number of rotatable bonds is 6. The Labute approximate surface area is 185 Å². The highest BCUT2D eigenvalue weighted by atomic mass is 16.5. The zero-order valence-corrected chi connectivity index (χ0v) is 17.8. The lowest BCUT2D eigenvalue weighted by Gasteiger charge is -2.09. The van der Waals surface area contributed by atoms with Crippen LogP contribution in [0.25, 0.3) is 11.0 Å². The first kappa shape index (κ1) is 19.9. The minimum Gasteiger partial charge on any atom is -0.493 e. The highest BCUT2D eigenvalue weighted by Gasteiger charge is 2.14. The summed E-state index contributed by atoms with van der Waals surface area (Å²) in [4.78, 5) is 16.4. The number of hydrogen-bond acceptors (Lipinski definition) is 6. The number of esters is 1. The molecule has 1 aromatic heterocycles. The van der Waals surface area contributed by atoms with E-state index in [1.54, 1.807) is 24.3 Å². The van der Waals surface area contributed by atoms with Gasteiger partial charge in [-0.15, -0.1) is 0 Å². The van der Waals surface area contributed by atoms with Gasteiger partial charge in [-0.1, -0.05) is 12.1 Å². The van der Waals surface area contributed by atoms with Crippen molar-refractivity contribution in [1.29, 1.82) is 0 Å². The lowest BCUT2D eigenvalue weighted by Crippen LogP contribution is -2.05. The number of carbonyl (C=O) groups excluding carboxylic acids is 1.